The van der Waals surface area contributed by atoms with E-state index < -0.39 is 0 Å². The lowest BCUT2D eigenvalue weighted by Gasteiger charge is -2.03. The first-order valence-corrected chi connectivity index (χ1v) is 6.84. The number of aryl methyl sites for hydroxylation is 2. The molecule has 2 heterocycles. The van der Waals surface area contributed by atoms with E-state index in [2.05, 4.69) is 20.5 Å². The number of aromatic nitrogens is 3. The molecule has 1 aromatic heterocycles. The van der Waals surface area contributed by atoms with Gasteiger partial charge in [-0.3, -0.25) is 15.2 Å². The van der Waals surface area contributed by atoms with Gasteiger partial charge in [-0.1, -0.05) is 13.0 Å². The molecule has 1 aromatic carbocycles. The smallest absolute Gasteiger partial charge is 0.248 e. The van der Waals surface area contributed by atoms with Crippen LogP contribution in [0.1, 0.15) is 24.7 Å². The SMILES string of the molecule is CCc1nc(NC(=O)CCc2ccc3c(c2)OCO3)n[nH]1. The standard InChI is InChI=1S/C14H16N4O3/c1-2-12-15-14(18-17-12)16-13(19)6-4-9-3-5-10-11(7-9)21-8-20-10/h3,5,7H,2,4,6,8H2,1H3,(H2,15,16,17,18,19). The molecule has 0 spiro atoms. The highest BCUT2D eigenvalue weighted by atomic mass is 16.7. The van der Waals surface area contributed by atoms with Crippen LogP contribution in [0.25, 0.3) is 0 Å². The molecule has 0 saturated heterocycles. The van der Waals surface area contributed by atoms with Gasteiger partial charge in [0, 0.05) is 12.8 Å². The lowest BCUT2D eigenvalue weighted by Crippen LogP contribution is -2.13. The van der Waals surface area contributed by atoms with Crippen molar-refractivity contribution in [3.8, 4) is 11.5 Å². The van der Waals surface area contributed by atoms with E-state index in [4.69, 9.17) is 9.47 Å². The van der Waals surface area contributed by atoms with Crippen molar-refractivity contribution in [2.75, 3.05) is 12.1 Å². The maximum atomic E-state index is 11.9. The number of nitrogens with zero attached hydrogens (tertiary/aromatic N) is 2. The lowest BCUT2D eigenvalue weighted by atomic mass is 10.1. The van der Waals surface area contributed by atoms with Crippen LogP contribution in [0.15, 0.2) is 18.2 Å². The van der Waals surface area contributed by atoms with Gasteiger partial charge in [0.2, 0.25) is 18.6 Å². The predicted molar refractivity (Wildman–Crippen MR) is 75.3 cm³/mol. The molecule has 0 radical (unpaired) electrons. The second kappa shape index (κ2) is 5.82. The molecular weight excluding hydrogens is 272 g/mol. The van der Waals surface area contributed by atoms with Crippen molar-refractivity contribution in [3.63, 3.8) is 0 Å². The molecule has 2 aromatic rings. The summed E-state index contributed by atoms with van der Waals surface area (Å²) in [4.78, 5) is 16.0. The molecule has 1 amide bonds. The molecule has 0 saturated carbocycles. The first-order valence-electron chi connectivity index (χ1n) is 6.84. The summed E-state index contributed by atoms with van der Waals surface area (Å²) in [6.45, 7) is 2.22. The van der Waals surface area contributed by atoms with Gasteiger partial charge in [-0.15, -0.1) is 5.10 Å². The lowest BCUT2D eigenvalue weighted by molar-refractivity contribution is -0.116. The first kappa shape index (κ1) is 13.4. The maximum Gasteiger partial charge on any atom is 0.248 e. The van der Waals surface area contributed by atoms with E-state index in [0.29, 0.717) is 18.8 Å². The van der Waals surface area contributed by atoms with Gasteiger partial charge in [-0.05, 0) is 24.1 Å². The number of carbonyl (C=O) groups is 1. The Bertz CT molecular complexity index is 653. The molecule has 0 aliphatic carbocycles. The van der Waals surface area contributed by atoms with Crippen LogP contribution in [0.4, 0.5) is 5.95 Å². The van der Waals surface area contributed by atoms with Gasteiger partial charge >= 0.3 is 0 Å². The third kappa shape index (κ3) is 3.13. The van der Waals surface area contributed by atoms with E-state index in [9.17, 15) is 4.79 Å². The normalized spacial score (nSPS) is 12.4. The summed E-state index contributed by atoms with van der Waals surface area (Å²) in [5.41, 5.74) is 1.03. The summed E-state index contributed by atoms with van der Waals surface area (Å²) in [7, 11) is 0. The molecule has 110 valence electrons. The monoisotopic (exact) mass is 288 g/mol. The minimum absolute atomic E-state index is 0.116. The summed E-state index contributed by atoms with van der Waals surface area (Å²) in [5.74, 6) is 2.43. The third-order valence-electron chi connectivity index (χ3n) is 3.20. The molecule has 0 bridgehead atoms. The molecule has 2 N–H and O–H groups in total. The first-order chi connectivity index (χ1) is 10.2. The number of H-pyrrole nitrogens is 1. The molecule has 0 fully saturated rings. The molecule has 21 heavy (non-hydrogen) atoms. The Hall–Kier alpha value is -2.57. The number of fused-ring (bicyclic) bond motifs is 1. The van der Waals surface area contributed by atoms with Gasteiger partial charge in [0.1, 0.15) is 5.82 Å². The zero-order valence-corrected chi connectivity index (χ0v) is 11.7. The van der Waals surface area contributed by atoms with E-state index in [-0.39, 0.29) is 12.7 Å². The average Bonchev–Trinajstić information content (AvgIpc) is 3.13. The number of benzene rings is 1. The number of anilines is 1. The van der Waals surface area contributed by atoms with Crippen molar-refractivity contribution in [2.24, 2.45) is 0 Å². The second-order valence-electron chi connectivity index (χ2n) is 4.70. The van der Waals surface area contributed by atoms with Crippen molar-refractivity contribution in [1.29, 1.82) is 0 Å². The number of carbonyl (C=O) groups excluding carboxylic acids is 1. The van der Waals surface area contributed by atoms with E-state index >= 15 is 0 Å². The fourth-order valence-electron chi connectivity index (χ4n) is 2.05. The highest BCUT2D eigenvalue weighted by Crippen LogP contribution is 2.32. The Morgan fingerprint density at radius 2 is 2.24 bits per heavy atom. The molecule has 1 aliphatic heterocycles. The van der Waals surface area contributed by atoms with Gasteiger partial charge in [0.05, 0.1) is 0 Å². The van der Waals surface area contributed by atoms with Crippen LogP contribution in [0.5, 0.6) is 11.5 Å². The van der Waals surface area contributed by atoms with Crippen molar-refractivity contribution in [3.05, 3.63) is 29.6 Å². The summed E-state index contributed by atoms with van der Waals surface area (Å²) in [6, 6.07) is 5.69. The van der Waals surface area contributed by atoms with Crippen LogP contribution in [0.3, 0.4) is 0 Å². The fourth-order valence-corrected chi connectivity index (χ4v) is 2.05. The third-order valence-corrected chi connectivity index (χ3v) is 3.20. The molecule has 7 nitrogen and oxygen atoms in total. The zero-order valence-electron chi connectivity index (χ0n) is 11.7. The van der Waals surface area contributed by atoms with Crippen LogP contribution in [0, 0.1) is 0 Å². The van der Waals surface area contributed by atoms with Gasteiger partial charge in [0.15, 0.2) is 11.5 Å². The summed E-state index contributed by atoms with van der Waals surface area (Å²) >= 11 is 0. The zero-order chi connectivity index (χ0) is 14.7. The Labute approximate surface area is 121 Å². The second-order valence-corrected chi connectivity index (χ2v) is 4.70. The Morgan fingerprint density at radius 3 is 3.05 bits per heavy atom. The number of aromatic amines is 1. The van der Waals surface area contributed by atoms with E-state index in [1.807, 2.05) is 25.1 Å². The van der Waals surface area contributed by atoms with Gasteiger partial charge in [0.25, 0.3) is 0 Å². The largest absolute Gasteiger partial charge is 0.454 e. The van der Waals surface area contributed by atoms with Crippen LogP contribution in [-0.4, -0.2) is 27.9 Å². The molecular formula is C14H16N4O3. The van der Waals surface area contributed by atoms with Crippen LogP contribution < -0.4 is 14.8 Å². The highest BCUT2D eigenvalue weighted by molar-refractivity contribution is 5.89. The minimum atomic E-state index is -0.116. The quantitative estimate of drug-likeness (QED) is 0.873. The van der Waals surface area contributed by atoms with Crippen molar-refractivity contribution in [1.82, 2.24) is 15.2 Å². The molecule has 7 heteroatoms. The maximum absolute atomic E-state index is 11.9. The van der Waals surface area contributed by atoms with Crippen molar-refractivity contribution in [2.45, 2.75) is 26.2 Å². The molecule has 1 aliphatic rings. The summed E-state index contributed by atoms with van der Waals surface area (Å²) < 4.78 is 10.6. The topological polar surface area (TPSA) is 89.1 Å². The molecule has 0 atom stereocenters. The number of hydrogen-bond donors (Lipinski definition) is 2. The Balaban J connectivity index is 1.53. The Kier molecular flexibility index (Phi) is 3.72. The van der Waals surface area contributed by atoms with E-state index in [1.54, 1.807) is 0 Å². The number of amides is 1. The van der Waals surface area contributed by atoms with Crippen molar-refractivity contribution < 1.29 is 14.3 Å². The van der Waals surface area contributed by atoms with Gasteiger partial charge in [-0.2, -0.15) is 4.98 Å². The van der Waals surface area contributed by atoms with Gasteiger partial charge < -0.3 is 9.47 Å². The van der Waals surface area contributed by atoms with E-state index in [0.717, 1.165) is 29.3 Å². The number of nitrogens with one attached hydrogen (secondary N) is 2. The summed E-state index contributed by atoms with van der Waals surface area (Å²) in [6.07, 6.45) is 1.73. The highest BCUT2D eigenvalue weighted by Gasteiger charge is 2.14. The molecule has 0 unspecified atom stereocenters. The average molecular weight is 288 g/mol. The fraction of sp³-hybridized carbons (Fsp3) is 0.357. The Morgan fingerprint density at radius 1 is 1.38 bits per heavy atom. The minimum Gasteiger partial charge on any atom is -0.454 e. The number of hydrogen-bond acceptors (Lipinski definition) is 5. The van der Waals surface area contributed by atoms with Gasteiger partial charge in [-0.25, -0.2) is 0 Å². The summed E-state index contributed by atoms with van der Waals surface area (Å²) in [5, 5.41) is 9.35. The predicted octanol–water partition coefficient (Wildman–Crippen LogP) is 1.67. The van der Waals surface area contributed by atoms with Crippen LogP contribution in [0.2, 0.25) is 0 Å². The molecule has 3 rings (SSSR count). The van der Waals surface area contributed by atoms with E-state index in [1.165, 1.54) is 0 Å². The number of rotatable bonds is 5. The van der Waals surface area contributed by atoms with Crippen LogP contribution >= 0.6 is 0 Å². The van der Waals surface area contributed by atoms with Crippen molar-refractivity contribution >= 4 is 11.9 Å². The number of ether oxygens (including phenoxy) is 2. The van der Waals surface area contributed by atoms with Crippen LogP contribution in [-0.2, 0) is 17.6 Å².